The van der Waals surface area contributed by atoms with Gasteiger partial charge in [0.25, 0.3) is 5.91 Å². The van der Waals surface area contributed by atoms with E-state index in [4.69, 9.17) is 10.5 Å². The Balaban J connectivity index is 0.00000324. The number of para-hydroxylation sites is 1. The van der Waals surface area contributed by atoms with Crippen LogP contribution in [-0.2, 0) is 4.79 Å². The molecule has 1 fully saturated rings. The van der Waals surface area contributed by atoms with Crippen LogP contribution in [0.4, 0.5) is 11.8 Å². The van der Waals surface area contributed by atoms with Crippen LogP contribution in [0, 0.1) is 5.92 Å². The zero-order valence-electron chi connectivity index (χ0n) is 19.2. The second-order valence-electron chi connectivity index (χ2n) is 8.55. The first-order valence-corrected chi connectivity index (χ1v) is 11.8. The summed E-state index contributed by atoms with van der Waals surface area (Å²) >= 11 is 3.49. The summed E-state index contributed by atoms with van der Waals surface area (Å²) in [7, 11) is 3.90. The number of nitrogens with one attached hydrogen (secondary N) is 2. The van der Waals surface area contributed by atoms with Crippen molar-refractivity contribution in [3.63, 3.8) is 0 Å². The van der Waals surface area contributed by atoms with E-state index in [9.17, 15) is 4.79 Å². The first-order valence-electron chi connectivity index (χ1n) is 11.0. The first-order chi connectivity index (χ1) is 15.9. The number of anilines is 2. The van der Waals surface area contributed by atoms with Gasteiger partial charge in [-0.1, -0.05) is 18.2 Å². The molecule has 1 saturated carbocycles. The summed E-state index contributed by atoms with van der Waals surface area (Å²) in [5, 5.41) is 6.82. The highest BCUT2D eigenvalue weighted by atomic mass is 79.9. The number of hydrogen-bond acceptors (Lipinski definition) is 7. The molecule has 2 aliphatic rings. The molecule has 182 valence electrons. The molecule has 2 aromatic rings. The van der Waals surface area contributed by atoms with Gasteiger partial charge in [-0.25, -0.2) is 4.98 Å². The molecule has 1 aromatic carbocycles. The van der Waals surface area contributed by atoms with Crippen LogP contribution in [-0.4, -0.2) is 41.7 Å². The fourth-order valence-corrected chi connectivity index (χ4v) is 5.08. The van der Waals surface area contributed by atoms with Gasteiger partial charge in [0.2, 0.25) is 11.7 Å². The van der Waals surface area contributed by atoms with E-state index in [-0.39, 0.29) is 24.4 Å². The SMILES string of the molecule is CN(C)c1nc(NC2CCC(C3(Oc4ccccc4)NC=CC=C3C(N)=O)CC2)ncc1Br.Cl. The quantitative estimate of drug-likeness (QED) is 0.479. The number of benzene rings is 1. The van der Waals surface area contributed by atoms with Crippen LogP contribution in [0.25, 0.3) is 0 Å². The second-order valence-corrected chi connectivity index (χ2v) is 9.41. The summed E-state index contributed by atoms with van der Waals surface area (Å²) < 4.78 is 7.33. The van der Waals surface area contributed by atoms with Crippen molar-refractivity contribution in [2.45, 2.75) is 37.5 Å². The molecule has 1 amide bonds. The summed E-state index contributed by atoms with van der Waals surface area (Å²) in [5.74, 6) is 1.69. The molecule has 1 aliphatic carbocycles. The van der Waals surface area contributed by atoms with E-state index >= 15 is 0 Å². The fraction of sp³-hybridized carbons (Fsp3) is 0.375. The topological polar surface area (TPSA) is 105 Å². The van der Waals surface area contributed by atoms with Gasteiger partial charge < -0.3 is 26.0 Å². The monoisotopic (exact) mass is 548 g/mol. The Labute approximate surface area is 214 Å². The third-order valence-corrected chi connectivity index (χ3v) is 6.69. The van der Waals surface area contributed by atoms with Gasteiger partial charge in [-0.05, 0) is 65.9 Å². The van der Waals surface area contributed by atoms with E-state index in [1.54, 1.807) is 18.3 Å². The van der Waals surface area contributed by atoms with Crippen LogP contribution in [0.5, 0.6) is 5.75 Å². The number of nitrogens with two attached hydrogens (primary N) is 1. The van der Waals surface area contributed by atoms with Gasteiger partial charge in [0.1, 0.15) is 11.6 Å². The maximum absolute atomic E-state index is 12.4. The Morgan fingerprint density at radius 2 is 1.94 bits per heavy atom. The van der Waals surface area contributed by atoms with Gasteiger partial charge in [-0.15, -0.1) is 12.4 Å². The van der Waals surface area contributed by atoms with E-state index in [0.717, 1.165) is 36.0 Å². The van der Waals surface area contributed by atoms with E-state index in [1.807, 2.05) is 55.5 Å². The van der Waals surface area contributed by atoms with Crippen molar-refractivity contribution in [1.82, 2.24) is 15.3 Å². The normalized spacial score (nSPS) is 23.7. The van der Waals surface area contributed by atoms with Gasteiger partial charge in [-0.2, -0.15) is 4.98 Å². The molecule has 8 nitrogen and oxygen atoms in total. The van der Waals surface area contributed by atoms with E-state index < -0.39 is 11.6 Å². The number of hydrogen-bond donors (Lipinski definition) is 3. The van der Waals surface area contributed by atoms with Gasteiger partial charge in [0.05, 0.1) is 10.0 Å². The summed E-state index contributed by atoms with van der Waals surface area (Å²) in [6, 6.07) is 9.77. The lowest BCUT2D eigenvalue weighted by Crippen LogP contribution is -2.59. The van der Waals surface area contributed by atoms with Crippen LogP contribution >= 0.6 is 28.3 Å². The highest BCUT2D eigenvalue weighted by Crippen LogP contribution is 2.40. The predicted octanol–water partition coefficient (Wildman–Crippen LogP) is 4.00. The number of primary amides is 1. The Bertz CT molecular complexity index is 1060. The number of dihydropyridines is 1. The number of allylic oxidation sites excluding steroid dienone is 2. The number of ether oxygens (including phenoxy) is 1. The fourth-order valence-electron chi connectivity index (χ4n) is 4.53. The molecule has 1 aliphatic heterocycles. The average molecular weight is 550 g/mol. The van der Waals surface area contributed by atoms with Crippen molar-refractivity contribution in [1.29, 1.82) is 0 Å². The standard InChI is InChI=1S/C24H29BrN6O2.ClH/c1-31(2)22-20(25)15-27-23(30-22)29-17-12-10-16(11-13-17)24(33-18-7-4-3-5-8-18)19(21(26)32)9-6-14-28-24;/h3-9,14-17,28H,10-13H2,1-2H3,(H2,26,32)(H,27,29,30);1H. The highest BCUT2D eigenvalue weighted by molar-refractivity contribution is 9.10. The van der Waals surface area contributed by atoms with Crippen LogP contribution in [0.15, 0.2) is 64.9 Å². The van der Waals surface area contributed by atoms with Crippen molar-refractivity contribution in [2.75, 3.05) is 24.3 Å². The number of aromatic nitrogens is 2. The lowest BCUT2D eigenvalue weighted by atomic mass is 9.75. The molecule has 4 N–H and O–H groups in total. The predicted molar refractivity (Wildman–Crippen MR) is 140 cm³/mol. The van der Waals surface area contributed by atoms with E-state index in [1.165, 1.54) is 0 Å². The van der Waals surface area contributed by atoms with Crippen molar-refractivity contribution < 1.29 is 9.53 Å². The van der Waals surface area contributed by atoms with Crippen LogP contribution in [0.3, 0.4) is 0 Å². The molecular formula is C24H30BrClN6O2. The molecule has 1 atom stereocenters. The average Bonchev–Trinajstić information content (AvgIpc) is 2.81. The van der Waals surface area contributed by atoms with Crippen molar-refractivity contribution in [2.24, 2.45) is 11.7 Å². The van der Waals surface area contributed by atoms with Crippen LogP contribution in [0.2, 0.25) is 0 Å². The lowest BCUT2D eigenvalue weighted by Gasteiger charge is -2.45. The van der Waals surface area contributed by atoms with Gasteiger partial charge in [0.15, 0.2) is 0 Å². The largest absolute Gasteiger partial charge is 0.463 e. The molecule has 34 heavy (non-hydrogen) atoms. The van der Waals surface area contributed by atoms with Crippen LogP contribution < -0.4 is 26.0 Å². The van der Waals surface area contributed by atoms with E-state index in [2.05, 4.69) is 36.5 Å². The molecule has 10 heteroatoms. The minimum absolute atomic E-state index is 0. The molecule has 1 aromatic heterocycles. The second kappa shape index (κ2) is 11.1. The Kier molecular flexibility index (Phi) is 8.43. The van der Waals surface area contributed by atoms with Crippen molar-refractivity contribution in [3.05, 3.63) is 64.9 Å². The Hall–Kier alpha value is -2.78. The Morgan fingerprint density at radius 3 is 2.59 bits per heavy atom. The van der Waals surface area contributed by atoms with Gasteiger partial charge in [-0.3, -0.25) is 4.79 Å². The third kappa shape index (κ3) is 5.47. The molecule has 0 radical (unpaired) electrons. The minimum Gasteiger partial charge on any atom is -0.463 e. The maximum atomic E-state index is 12.4. The number of amides is 1. The first kappa shape index (κ1) is 25.8. The van der Waals surface area contributed by atoms with E-state index in [0.29, 0.717) is 17.3 Å². The number of carbonyl (C=O) groups is 1. The number of carbonyl (C=O) groups excluding carboxylic acids is 1. The number of rotatable bonds is 7. The lowest BCUT2D eigenvalue weighted by molar-refractivity contribution is -0.118. The molecule has 1 unspecified atom stereocenters. The maximum Gasteiger partial charge on any atom is 0.250 e. The smallest absolute Gasteiger partial charge is 0.250 e. The minimum atomic E-state index is -1.00. The summed E-state index contributed by atoms with van der Waals surface area (Å²) in [4.78, 5) is 23.4. The molecule has 4 rings (SSSR count). The van der Waals surface area contributed by atoms with Gasteiger partial charge in [0, 0.05) is 38.5 Å². The van der Waals surface area contributed by atoms with Crippen molar-refractivity contribution in [3.8, 4) is 5.75 Å². The molecule has 0 bridgehead atoms. The Morgan fingerprint density at radius 1 is 1.24 bits per heavy atom. The van der Waals surface area contributed by atoms with Crippen LogP contribution in [0.1, 0.15) is 25.7 Å². The van der Waals surface area contributed by atoms with Gasteiger partial charge >= 0.3 is 0 Å². The molecule has 0 saturated heterocycles. The molecule has 2 heterocycles. The summed E-state index contributed by atoms with van der Waals surface area (Å²) in [5.41, 5.74) is 5.23. The number of nitrogens with zero attached hydrogens (tertiary/aromatic N) is 3. The zero-order chi connectivity index (χ0) is 23.4. The molecule has 0 spiro atoms. The summed E-state index contributed by atoms with van der Waals surface area (Å²) in [6.45, 7) is 0. The summed E-state index contributed by atoms with van der Waals surface area (Å²) in [6.07, 6.45) is 10.6. The van der Waals surface area contributed by atoms with Crippen molar-refractivity contribution >= 4 is 46.0 Å². The number of halogens is 2. The zero-order valence-corrected chi connectivity index (χ0v) is 21.6. The highest BCUT2D eigenvalue weighted by Gasteiger charge is 2.48. The molecular weight excluding hydrogens is 520 g/mol. The third-order valence-electron chi connectivity index (χ3n) is 6.13.